The molecule has 0 aliphatic carbocycles. The van der Waals surface area contributed by atoms with Crippen LogP contribution in [0.1, 0.15) is 25.8 Å². The summed E-state index contributed by atoms with van der Waals surface area (Å²) in [6, 6.07) is 7.66. The van der Waals surface area contributed by atoms with E-state index in [1.165, 1.54) is 0 Å². The summed E-state index contributed by atoms with van der Waals surface area (Å²) in [4.78, 5) is 10.9. The number of ketones is 1. The van der Waals surface area contributed by atoms with E-state index in [-0.39, 0.29) is 5.78 Å². The van der Waals surface area contributed by atoms with Crippen molar-refractivity contribution in [2.45, 2.75) is 26.7 Å². The average Bonchev–Trinajstić information content (AvgIpc) is 2.19. The third kappa shape index (κ3) is 4.78. The molecule has 0 saturated carbocycles. The molecule has 0 aliphatic rings. The molecule has 2 nitrogen and oxygen atoms in total. The molecule has 0 spiro atoms. The Bertz CT molecular complexity index is 363. The molecule has 0 amide bonds. The lowest BCUT2D eigenvalue weighted by Crippen LogP contribution is -1.99. The molecule has 0 bridgehead atoms. The van der Waals surface area contributed by atoms with Crippen LogP contribution in [0.4, 0.5) is 0 Å². The van der Waals surface area contributed by atoms with E-state index in [1.807, 2.05) is 31.2 Å². The zero-order valence-corrected chi connectivity index (χ0v) is 9.95. The third-order valence-corrected chi connectivity index (χ3v) is 2.17. The van der Waals surface area contributed by atoms with Crippen LogP contribution in [0.25, 0.3) is 0 Å². The van der Waals surface area contributed by atoms with Crippen LogP contribution < -0.4 is 4.74 Å². The number of Topliss-reactive ketones (excluding diaryl/α,β-unsaturated/α-hetero) is 1. The number of hydrogen-bond acceptors (Lipinski definition) is 2. The van der Waals surface area contributed by atoms with Crippen LogP contribution in [0.15, 0.2) is 36.4 Å². The molecule has 1 rings (SSSR count). The van der Waals surface area contributed by atoms with Crippen molar-refractivity contribution in [3.05, 3.63) is 42.0 Å². The van der Waals surface area contributed by atoms with Crippen molar-refractivity contribution in [2.75, 3.05) is 6.61 Å². The van der Waals surface area contributed by atoms with E-state index >= 15 is 0 Å². The van der Waals surface area contributed by atoms with E-state index in [0.29, 0.717) is 13.0 Å². The molecule has 1 aromatic rings. The first kappa shape index (κ1) is 12.5. The summed E-state index contributed by atoms with van der Waals surface area (Å²) < 4.78 is 5.53. The Morgan fingerprint density at radius 3 is 2.38 bits per heavy atom. The first-order valence-electron chi connectivity index (χ1n) is 5.43. The van der Waals surface area contributed by atoms with Gasteiger partial charge in [-0.1, -0.05) is 17.7 Å². The first-order chi connectivity index (χ1) is 7.58. The van der Waals surface area contributed by atoms with Crippen molar-refractivity contribution < 1.29 is 9.53 Å². The van der Waals surface area contributed by atoms with Crippen molar-refractivity contribution >= 4 is 5.78 Å². The summed E-state index contributed by atoms with van der Waals surface area (Å²) in [6.07, 6.45) is 1.36. The van der Waals surface area contributed by atoms with Crippen molar-refractivity contribution in [1.82, 2.24) is 0 Å². The predicted molar refractivity (Wildman–Crippen MR) is 65.8 cm³/mol. The van der Waals surface area contributed by atoms with Gasteiger partial charge >= 0.3 is 0 Å². The third-order valence-electron chi connectivity index (χ3n) is 2.17. The van der Waals surface area contributed by atoms with Gasteiger partial charge in [-0.3, -0.25) is 4.79 Å². The minimum absolute atomic E-state index is 0.177. The quantitative estimate of drug-likeness (QED) is 0.685. The van der Waals surface area contributed by atoms with Crippen LogP contribution in [0, 0.1) is 0 Å². The summed E-state index contributed by atoms with van der Waals surface area (Å²) >= 11 is 0. The zero-order chi connectivity index (χ0) is 12.0. The molecule has 0 aliphatic heterocycles. The maximum atomic E-state index is 10.9. The summed E-state index contributed by atoms with van der Waals surface area (Å²) in [5, 5.41) is 0. The van der Waals surface area contributed by atoms with Crippen LogP contribution in [0.5, 0.6) is 5.75 Å². The topological polar surface area (TPSA) is 26.3 Å². The highest BCUT2D eigenvalue weighted by atomic mass is 16.5. The van der Waals surface area contributed by atoms with Gasteiger partial charge in [-0.2, -0.15) is 0 Å². The Morgan fingerprint density at radius 2 is 1.88 bits per heavy atom. The van der Waals surface area contributed by atoms with Gasteiger partial charge in [0.1, 0.15) is 11.5 Å². The van der Waals surface area contributed by atoms with Crippen LogP contribution in [0.3, 0.4) is 0 Å². The van der Waals surface area contributed by atoms with Gasteiger partial charge in [0.25, 0.3) is 0 Å². The van der Waals surface area contributed by atoms with Crippen LogP contribution in [-0.4, -0.2) is 12.4 Å². The van der Waals surface area contributed by atoms with Gasteiger partial charge in [0, 0.05) is 12.8 Å². The molecule has 2 heteroatoms. The van der Waals surface area contributed by atoms with Gasteiger partial charge in [-0.15, -0.1) is 6.58 Å². The smallest absolute Gasteiger partial charge is 0.134 e. The Labute approximate surface area is 96.9 Å². The average molecular weight is 218 g/mol. The fraction of sp³-hybridized carbons (Fsp3) is 0.357. The lowest BCUT2D eigenvalue weighted by atomic mass is 10.1. The molecule has 0 fully saturated rings. The van der Waals surface area contributed by atoms with Gasteiger partial charge < -0.3 is 4.74 Å². The SMILES string of the molecule is C=C(C)CCOc1ccc(CC(C)=O)cc1. The van der Waals surface area contributed by atoms with Crippen LogP contribution >= 0.6 is 0 Å². The summed E-state index contributed by atoms with van der Waals surface area (Å²) in [5.41, 5.74) is 2.15. The molecule has 0 unspecified atom stereocenters. The number of rotatable bonds is 6. The molecule has 0 heterocycles. The van der Waals surface area contributed by atoms with Gasteiger partial charge in [0.15, 0.2) is 0 Å². The number of ether oxygens (including phenoxy) is 1. The number of benzene rings is 1. The van der Waals surface area contributed by atoms with Crippen LogP contribution in [0.2, 0.25) is 0 Å². The molecule has 0 radical (unpaired) electrons. The van der Waals surface area contributed by atoms with Crippen molar-refractivity contribution in [3.8, 4) is 5.75 Å². The molecule has 0 atom stereocenters. The lowest BCUT2D eigenvalue weighted by molar-refractivity contribution is -0.116. The number of hydrogen-bond donors (Lipinski definition) is 0. The minimum Gasteiger partial charge on any atom is -0.493 e. The highest BCUT2D eigenvalue weighted by Gasteiger charge is 1.98. The van der Waals surface area contributed by atoms with E-state index in [2.05, 4.69) is 6.58 Å². The van der Waals surface area contributed by atoms with E-state index in [1.54, 1.807) is 6.92 Å². The highest BCUT2D eigenvalue weighted by molar-refractivity contribution is 5.78. The maximum absolute atomic E-state index is 10.9. The lowest BCUT2D eigenvalue weighted by Gasteiger charge is -2.06. The molecule has 16 heavy (non-hydrogen) atoms. The van der Waals surface area contributed by atoms with E-state index in [9.17, 15) is 4.79 Å². The predicted octanol–water partition coefficient (Wildman–Crippen LogP) is 3.16. The fourth-order valence-corrected chi connectivity index (χ4v) is 1.33. The van der Waals surface area contributed by atoms with E-state index < -0.39 is 0 Å². The van der Waals surface area contributed by atoms with Crippen molar-refractivity contribution in [2.24, 2.45) is 0 Å². The number of carbonyl (C=O) groups is 1. The molecule has 0 aromatic heterocycles. The van der Waals surface area contributed by atoms with Gasteiger partial charge in [0.2, 0.25) is 0 Å². The minimum atomic E-state index is 0.177. The normalized spacial score (nSPS) is 9.88. The Kier molecular flexibility index (Phi) is 4.77. The maximum Gasteiger partial charge on any atom is 0.134 e. The Balaban J connectivity index is 2.45. The van der Waals surface area contributed by atoms with E-state index in [0.717, 1.165) is 23.3 Å². The van der Waals surface area contributed by atoms with Crippen molar-refractivity contribution in [3.63, 3.8) is 0 Å². The monoisotopic (exact) mass is 218 g/mol. The van der Waals surface area contributed by atoms with Gasteiger partial charge in [-0.05, 0) is 31.5 Å². The second-order valence-corrected chi connectivity index (χ2v) is 4.08. The van der Waals surface area contributed by atoms with Gasteiger partial charge in [0.05, 0.1) is 6.61 Å². The zero-order valence-electron chi connectivity index (χ0n) is 9.95. The van der Waals surface area contributed by atoms with Crippen molar-refractivity contribution in [1.29, 1.82) is 0 Å². The highest BCUT2D eigenvalue weighted by Crippen LogP contribution is 2.13. The molecular weight excluding hydrogens is 200 g/mol. The molecular formula is C14H18O2. The van der Waals surface area contributed by atoms with Gasteiger partial charge in [-0.25, -0.2) is 0 Å². The van der Waals surface area contributed by atoms with Crippen LogP contribution in [-0.2, 0) is 11.2 Å². The number of carbonyl (C=O) groups excluding carboxylic acids is 1. The first-order valence-corrected chi connectivity index (χ1v) is 5.43. The molecule has 0 saturated heterocycles. The Morgan fingerprint density at radius 1 is 1.25 bits per heavy atom. The van der Waals surface area contributed by atoms with E-state index in [4.69, 9.17) is 4.74 Å². The molecule has 1 aromatic carbocycles. The Hall–Kier alpha value is -1.57. The molecule has 0 N–H and O–H groups in total. The second kappa shape index (κ2) is 6.11. The summed E-state index contributed by atoms with van der Waals surface area (Å²) in [7, 11) is 0. The summed E-state index contributed by atoms with van der Waals surface area (Å²) in [6.45, 7) is 8.05. The summed E-state index contributed by atoms with van der Waals surface area (Å²) in [5.74, 6) is 1.02. The fourth-order valence-electron chi connectivity index (χ4n) is 1.33. The second-order valence-electron chi connectivity index (χ2n) is 4.08. The largest absolute Gasteiger partial charge is 0.493 e. The molecule has 86 valence electrons. The standard InChI is InChI=1S/C14H18O2/c1-11(2)8-9-16-14-6-4-13(5-7-14)10-12(3)15/h4-7H,1,8-10H2,2-3H3.